The van der Waals surface area contributed by atoms with Crippen LogP contribution < -0.4 is 4.74 Å². The highest BCUT2D eigenvalue weighted by molar-refractivity contribution is 6.46. The number of aliphatic hydroxyl groups excluding tert-OH is 1. The maximum absolute atomic E-state index is 13.2. The molecule has 1 aliphatic heterocycles. The SMILES string of the molecule is CCOc1ccc(/C(O)=C2/C(=O)C(=O)N(CCCOC(C)C)C2c2ccccn2)cc1C(C)C. The van der Waals surface area contributed by atoms with Gasteiger partial charge in [0.25, 0.3) is 11.7 Å². The first-order valence-corrected chi connectivity index (χ1v) is 11.8. The summed E-state index contributed by atoms with van der Waals surface area (Å²) < 4.78 is 11.3. The van der Waals surface area contributed by atoms with Gasteiger partial charge in [0.1, 0.15) is 17.6 Å². The molecule has 182 valence electrons. The molecule has 2 aromatic rings. The molecule has 34 heavy (non-hydrogen) atoms. The maximum atomic E-state index is 13.2. The van der Waals surface area contributed by atoms with Crippen molar-refractivity contribution in [3.63, 3.8) is 0 Å². The quantitative estimate of drug-likeness (QED) is 0.233. The van der Waals surface area contributed by atoms with Gasteiger partial charge in [-0.05, 0) is 69.0 Å². The standard InChI is InChI=1S/C27H34N2O5/c1-6-33-22-12-11-19(16-20(22)17(2)3)25(30)23-24(21-10-7-8-13-28-21)29(27(32)26(23)31)14-9-15-34-18(4)5/h7-8,10-13,16-18,24,30H,6,9,14-15H2,1-5H3/b25-23-. The molecule has 1 unspecified atom stereocenters. The molecule has 0 aliphatic carbocycles. The van der Waals surface area contributed by atoms with Gasteiger partial charge in [-0.25, -0.2) is 0 Å². The summed E-state index contributed by atoms with van der Waals surface area (Å²) in [5, 5.41) is 11.3. The normalized spacial score (nSPS) is 17.7. The van der Waals surface area contributed by atoms with Crippen molar-refractivity contribution in [2.24, 2.45) is 0 Å². The first kappa shape index (κ1) is 25.4. The Morgan fingerprint density at radius 1 is 1.15 bits per heavy atom. The van der Waals surface area contributed by atoms with Crippen LogP contribution in [0, 0.1) is 0 Å². The van der Waals surface area contributed by atoms with Crippen molar-refractivity contribution in [3.8, 4) is 5.75 Å². The van der Waals surface area contributed by atoms with Crippen LogP contribution in [0.4, 0.5) is 0 Å². The number of hydrogen-bond acceptors (Lipinski definition) is 6. The number of benzene rings is 1. The third-order valence-electron chi connectivity index (χ3n) is 5.71. The van der Waals surface area contributed by atoms with Crippen molar-refractivity contribution < 1.29 is 24.2 Å². The van der Waals surface area contributed by atoms with E-state index in [1.165, 1.54) is 4.90 Å². The number of aromatic nitrogens is 1. The van der Waals surface area contributed by atoms with Gasteiger partial charge in [0, 0.05) is 24.9 Å². The van der Waals surface area contributed by atoms with Gasteiger partial charge in [-0.1, -0.05) is 19.9 Å². The van der Waals surface area contributed by atoms with E-state index < -0.39 is 17.7 Å². The first-order valence-electron chi connectivity index (χ1n) is 11.8. The summed E-state index contributed by atoms with van der Waals surface area (Å²) >= 11 is 0. The maximum Gasteiger partial charge on any atom is 0.295 e. The second-order valence-electron chi connectivity index (χ2n) is 8.86. The first-order chi connectivity index (χ1) is 16.3. The number of carbonyl (C=O) groups excluding carboxylic acids is 2. The van der Waals surface area contributed by atoms with Crippen LogP contribution in [0.3, 0.4) is 0 Å². The van der Waals surface area contributed by atoms with E-state index in [1.807, 2.05) is 40.7 Å². The molecule has 0 spiro atoms. The minimum absolute atomic E-state index is 0.0485. The van der Waals surface area contributed by atoms with Crippen LogP contribution in [0.1, 0.15) is 69.8 Å². The number of nitrogens with zero attached hydrogens (tertiary/aromatic N) is 2. The van der Waals surface area contributed by atoms with Crippen LogP contribution in [-0.2, 0) is 14.3 Å². The van der Waals surface area contributed by atoms with Gasteiger partial charge >= 0.3 is 0 Å². The molecule has 7 heteroatoms. The number of amides is 1. The second kappa shape index (κ2) is 11.3. The summed E-state index contributed by atoms with van der Waals surface area (Å²) in [5.74, 6) is -0.681. The van der Waals surface area contributed by atoms with E-state index in [0.29, 0.717) is 37.4 Å². The Morgan fingerprint density at radius 3 is 2.53 bits per heavy atom. The zero-order valence-electron chi connectivity index (χ0n) is 20.6. The fourth-order valence-corrected chi connectivity index (χ4v) is 4.10. The molecule has 0 saturated carbocycles. The van der Waals surface area contributed by atoms with Gasteiger partial charge in [-0.3, -0.25) is 14.6 Å². The van der Waals surface area contributed by atoms with E-state index in [2.05, 4.69) is 4.98 Å². The van der Waals surface area contributed by atoms with Gasteiger partial charge < -0.3 is 19.5 Å². The summed E-state index contributed by atoms with van der Waals surface area (Å²) in [6, 6.07) is 9.90. The smallest absolute Gasteiger partial charge is 0.295 e. The van der Waals surface area contributed by atoms with Crippen LogP contribution >= 0.6 is 0 Å². The highest BCUT2D eigenvalue weighted by atomic mass is 16.5. The van der Waals surface area contributed by atoms with Crippen LogP contribution in [0.15, 0.2) is 48.2 Å². The van der Waals surface area contributed by atoms with Crippen molar-refractivity contribution in [1.82, 2.24) is 9.88 Å². The summed E-state index contributed by atoms with van der Waals surface area (Å²) in [5.41, 5.74) is 1.96. The minimum atomic E-state index is -0.769. The zero-order chi connectivity index (χ0) is 24.8. The van der Waals surface area contributed by atoms with E-state index in [-0.39, 0.29) is 23.4 Å². The summed E-state index contributed by atoms with van der Waals surface area (Å²) in [6.45, 7) is 11.2. The van der Waals surface area contributed by atoms with E-state index in [0.717, 1.165) is 11.3 Å². The second-order valence-corrected chi connectivity index (χ2v) is 8.86. The van der Waals surface area contributed by atoms with Gasteiger partial charge in [-0.2, -0.15) is 0 Å². The molecule has 1 N–H and O–H groups in total. The van der Waals surface area contributed by atoms with Crippen LogP contribution in [-0.4, -0.2) is 52.5 Å². The molecule has 1 saturated heterocycles. The molecule has 1 aromatic carbocycles. The summed E-state index contributed by atoms with van der Waals surface area (Å²) in [4.78, 5) is 32.1. The van der Waals surface area contributed by atoms with Crippen LogP contribution in [0.5, 0.6) is 5.75 Å². The molecule has 1 fully saturated rings. The Labute approximate surface area is 201 Å². The van der Waals surface area contributed by atoms with Crippen molar-refractivity contribution in [2.75, 3.05) is 19.8 Å². The van der Waals surface area contributed by atoms with Gasteiger partial charge in [0.2, 0.25) is 0 Å². The van der Waals surface area contributed by atoms with Crippen LogP contribution in [0.2, 0.25) is 0 Å². The zero-order valence-corrected chi connectivity index (χ0v) is 20.6. The van der Waals surface area contributed by atoms with E-state index >= 15 is 0 Å². The molecular weight excluding hydrogens is 432 g/mol. The van der Waals surface area contributed by atoms with Crippen molar-refractivity contribution >= 4 is 17.4 Å². The molecule has 1 amide bonds. The number of hydrogen-bond donors (Lipinski definition) is 1. The average Bonchev–Trinajstić information content (AvgIpc) is 3.07. The Bertz CT molecular complexity index is 1050. The topological polar surface area (TPSA) is 89.0 Å². The van der Waals surface area contributed by atoms with Gasteiger partial charge in [-0.15, -0.1) is 0 Å². The number of carbonyl (C=O) groups is 2. The number of Topliss-reactive ketones (excluding diaryl/α,β-unsaturated/α-hetero) is 1. The predicted octanol–water partition coefficient (Wildman–Crippen LogP) is 4.84. The third-order valence-corrected chi connectivity index (χ3v) is 5.71. The Morgan fingerprint density at radius 2 is 1.91 bits per heavy atom. The van der Waals surface area contributed by atoms with Crippen molar-refractivity contribution in [1.29, 1.82) is 0 Å². The lowest BCUT2D eigenvalue weighted by Crippen LogP contribution is -2.31. The fraction of sp³-hybridized carbons (Fsp3) is 0.444. The monoisotopic (exact) mass is 466 g/mol. The van der Waals surface area contributed by atoms with E-state index in [1.54, 1.807) is 36.5 Å². The molecule has 1 atom stereocenters. The molecule has 1 aliphatic rings. The third kappa shape index (κ3) is 5.47. The van der Waals surface area contributed by atoms with E-state index in [9.17, 15) is 14.7 Å². The summed E-state index contributed by atoms with van der Waals surface area (Å²) in [6.07, 6.45) is 2.26. The Balaban J connectivity index is 2.06. The van der Waals surface area contributed by atoms with Crippen molar-refractivity contribution in [2.45, 2.75) is 59.1 Å². The Hall–Kier alpha value is -3.19. The molecule has 7 nitrogen and oxygen atoms in total. The minimum Gasteiger partial charge on any atom is -0.507 e. The number of pyridine rings is 1. The fourth-order valence-electron chi connectivity index (χ4n) is 4.10. The number of likely N-dealkylation sites (tertiary alicyclic amines) is 1. The largest absolute Gasteiger partial charge is 0.507 e. The van der Waals surface area contributed by atoms with Crippen molar-refractivity contribution in [3.05, 3.63) is 65.0 Å². The number of ketones is 1. The highest BCUT2D eigenvalue weighted by Crippen LogP contribution is 2.39. The lowest BCUT2D eigenvalue weighted by molar-refractivity contribution is -0.140. The lowest BCUT2D eigenvalue weighted by atomic mass is 9.94. The molecule has 1 aromatic heterocycles. The lowest BCUT2D eigenvalue weighted by Gasteiger charge is -2.24. The van der Waals surface area contributed by atoms with Gasteiger partial charge in [0.05, 0.1) is 24.0 Å². The molecule has 0 bridgehead atoms. The molecular formula is C27H34N2O5. The average molecular weight is 467 g/mol. The van der Waals surface area contributed by atoms with Crippen LogP contribution in [0.25, 0.3) is 5.76 Å². The predicted molar refractivity (Wildman–Crippen MR) is 131 cm³/mol. The molecule has 2 heterocycles. The molecule has 3 rings (SSSR count). The summed E-state index contributed by atoms with van der Waals surface area (Å²) in [7, 11) is 0. The van der Waals surface area contributed by atoms with E-state index in [4.69, 9.17) is 9.47 Å². The number of aliphatic hydroxyl groups is 1. The number of rotatable bonds is 10. The van der Waals surface area contributed by atoms with Gasteiger partial charge in [0.15, 0.2) is 0 Å². The highest BCUT2D eigenvalue weighted by Gasteiger charge is 2.46. The Kier molecular flexibility index (Phi) is 8.45. The molecule has 0 radical (unpaired) electrons. The number of ether oxygens (including phenoxy) is 2.